The summed E-state index contributed by atoms with van der Waals surface area (Å²) >= 11 is 0. The molecule has 0 bridgehead atoms. The Bertz CT molecular complexity index is 1370. The molecule has 188 valence electrons. The maximum absolute atomic E-state index is 13.2. The molecule has 37 heavy (non-hydrogen) atoms. The fraction of sp³-hybridized carbons (Fsp3) is 0.172. The van der Waals surface area contributed by atoms with Crippen molar-refractivity contribution in [3.05, 3.63) is 119 Å². The zero-order valence-corrected chi connectivity index (χ0v) is 19.4. The first kappa shape index (κ1) is 25.6. The third-order valence-corrected chi connectivity index (χ3v) is 6.44. The molecule has 1 heterocycles. The van der Waals surface area contributed by atoms with Gasteiger partial charge in [0.15, 0.2) is 0 Å². The van der Waals surface area contributed by atoms with Crippen molar-refractivity contribution in [2.75, 3.05) is 0 Å². The minimum atomic E-state index is -4.55. The molecule has 4 rings (SSSR count). The third kappa shape index (κ3) is 5.21. The van der Waals surface area contributed by atoms with Crippen LogP contribution in [0.5, 0.6) is 0 Å². The number of carboxylic acids is 2. The van der Waals surface area contributed by atoms with Crippen LogP contribution in [0.2, 0.25) is 0 Å². The largest absolute Gasteiger partial charge is 0.481 e. The topological polar surface area (TPSA) is 86.6 Å². The highest BCUT2D eigenvalue weighted by Crippen LogP contribution is 2.49. The van der Waals surface area contributed by atoms with Gasteiger partial charge in [-0.3, -0.25) is 4.79 Å². The minimum absolute atomic E-state index is 0.245. The molecule has 0 saturated carbocycles. The Morgan fingerprint density at radius 3 is 2.03 bits per heavy atom. The lowest BCUT2D eigenvalue weighted by Crippen LogP contribution is -2.53. The molecule has 0 aliphatic carbocycles. The molecular weight excluding hydrogens is 483 g/mol. The zero-order valence-electron chi connectivity index (χ0n) is 19.4. The quantitative estimate of drug-likeness (QED) is 0.410. The Morgan fingerprint density at radius 2 is 1.49 bits per heavy atom. The summed E-state index contributed by atoms with van der Waals surface area (Å²) in [6.07, 6.45) is -3.56. The van der Waals surface area contributed by atoms with Crippen molar-refractivity contribution in [2.45, 2.75) is 18.6 Å². The van der Waals surface area contributed by atoms with E-state index in [1.54, 1.807) is 60.7 Å². The van der Waals surface area contributed by atoms with E-state index in [2.05, 4.69) is 17.2 Å². The molecule has 8 heteroatoms. The smallest absolute Gasteiger partial charge is 0.416 e. The van der Waals surface area contributed by atoms with E-state index in [-0.39, 0.29) is 12.0 Å². The fourth-order valence-electron chi connectivity index (χ4n) is 4.63. The molecule has 1 aliphatic heterocycles. The zero-order chi connectivity index (χ0) is 26.6. The van der Waals surface area contributed by atoms with Crippen molar-refractivity contribution in [3.63, 3.8) is 0 Å². The van der Waals surface area contributed by atoms with Gasteiger partial charge >= 0.3 is 18.1 Å². The van der Waals surface area contributed by atoms with Crippen molar-refractivity contribution in [3.8, 4) is 11.8 Å². The molecule has 0 radical (unpaired) electrons. The standard InChI is InChI=1S/C29H22F3NO4/c30-29(31,32)22-14-11-20(12-15-22)17-28(27(36)37)24(16-13-19-7-3-1-4-8-19)23(26(34)35)18-33-25(28)21-9-5-2-6-10-21/h1-12,14-15,18,24-25,33H,17H2,(H,34,35)(H,36,37). The van der Waals surface area contributed by atoms with E-state index in [0.29, 0.717) is 16.7 Å². The number of nitrogens with one attached hydrogen (secondary N) is 1. The maximum Gasteiger partial charge on any atom is 0.416 e. The van der Waals surface area contributed by atoms with Gasteiger partial charge in [-0.1, -0.05) is 72.5 Å². The first-order valence-corrected chi connectivity index (χ1v) is 11.3. The molecule has 0 amide bonds. The molecule has 0 spiro atoms. The van der Waals surface area contributed by atoms with Crippen LogP contribution in [0.3, 0.4) is 0 Å². The number of aliphatic carboxylic acids is 2. The van der Waals surface area contributed by atoms with Gasteiger partial charge in [0.25, 0.3) is 0 Å². The van der Waals surface area contributed by atoms with Crippen molar-refractivity contribution >= 4 is 11.9 Å². The van der Waals surface area contributed by atoms with Gasteiger partial charge in [0.2, 0.25) is 0 Å². The number of alkyl halides is 3. The Kier molecular flexibility index (Phi) is 7.07. The molecule has 3 aromatic carbocycles. The summed E-state index contributed by atoms with van der Waals surface area (Å²) in [5.41, 5.74) is -1.54. The number of rotatable bonds is 5. The van der Waals surface area contributed by atoms with Gasteiger partial charge < -0.3 is 15.5 Å². The van der Waals surface area contributed by atoms with Gasteiger partial charge in [-0.2, -0.15) is 13.2 Å². The van der Waals surface area contributed by atoms with Crippen LogP contribution in [0.15, 0.2) is 96.7 Å². The first-order chi connectivity index (χ1) is 17.6. The van der Waals surface area contributed by atoms with Crippen LogP contribution in [-0.2, 0) is 22.2 Å². The Labute approximate surface area is 211 Å². The van der Waals surface area contributed by atoms with Crippen LogP contribution in [-0.4, -0.2) is 22.2 Å². The van der Waals surface area contributed by atoms with Crippen LogP contribution >= 0.6 is 0 Å². The average Bonchev–Trinajstić information content (AvgIpc) is 2.88. The van der Waals surface area contributed by atoms with E-state index < -0.39 is 41.1 Å². The van der Waals surface area contributed by atoms with E-state index in [1.807, 2.05) is 0 Å². The van der Waals surface area contributed by atoms with Crippen molar-refractivity contribution in [2.24, 2.45) is 11.3 Å². The summed E-state index contributed by atoms with van der Waals surface area (Å²) in [6.45, 7) is 0. The predicted octanol–water partition coefficient (Wildman–Crippen LogP) is 5.30. The third-order valence-electron chi connectivity index (χ3n) is 6.44. The molecule has 3 aromatic rings. The van der Waals surface area contributed by atoms with Crippen molar-refractivity contribution in [1.29, 1.82) is 0 Å². The predicted molar refractivity (Wildman–Crippen MR) is 130 cm³/mol. The van der Waals surface area contributed by atoms with Crippen LogP contribution in [0.1, 0.15) is 28.3 Å². The van der Waals surface area contributed by atoms with Gasteiger partial charge in [-0.05, 0) is 41.8 Å². The number of halogens is 3. The molecule has 5 nitrogen and oxygen atoms in total. The molecule has 3 atom stereocenters. The van der Waals surface area contributed by atoms with Gasteiger partial charge in [-0.15, -0.1) is 0 Å². The molecule has 1 aliphatic rings. The Morgan fingerprint density at radius 1 is 0.892 bits per heavy atom. The summed E-state index contributed by atoms with van der Waals surface area (Å²) in [5.74, 6) is 1.83. The van der Waals surface area contributed by atoms with Crippen molar-refractivity contribution < 1.29 is 33.0 Å². The minimum Gasteiger partial charge on any atom is -0.481 e. The van der Waals surface area contributed by atoms with E-state index in [1.165, 1.54) is 18.3 Å². The van der Waals surface area contributed by atoms with Crippen LogP contribution in [0.25, 0.3) is 0 Å². The molecule has 3 N–H and O–H groups in total. The Balaban J connectivity index is 1.92. The Hall–Kier alpha value is -4.51. The van der Waals surface area contributed by atoms with Gasteiger partial charge in [0.05, 0.1) is 23.1 Å². The molecule has 3 unspecified atom stereocenters. The average molecular weight is 505 g/mol. The molecule has 0 aromatic heterocycles. The van der Waals surface area contributed by atoms with Gasteiger partial charge in [0.1, 0.15) is 5.41 Å². The lowest BCUT2D eigenvalue weighted by molar-refractivity contribution is -0.154. The highest BCUT2D eigenvalue weighted by molar-refractivity contribution is 5.91. The van der Waals surface area contributed by atoms with Crippen LogP contribution in [0.4, 0.5) is 13.2 Å². The van der Waals surface area contributed by atoms with E-state index >= 15 is 0 Å². The SMILES string of the molecule is O=C(O)C1=CNC(c2ccccc2)C(Cc2ccc(C(F)(F)F)cc2)(C(=O)O)C1C#Cc1ccccc1. The van der Waals surface area contributed by atoms with Gasteiger partial charge in [0, 0.05) is 11.8 Å². The fourth-order valence-corrected chi connectivity index (χ4v) is 4.63. The highest BCUT2D eigenvalue weighted by Gasteiger charge is 2.56. The lowest BCUT2D eigenvalue weighted by Gasteiger charge is -2.44. The molecule has 0 fully saturated rings. The number of carboxylic acid groups (broad SMARTS) is 2. The summed E-state index contributed by atoms with van der Waals surface area (Å²) < 4.78 is 39.4. The maximum atomic E-state index is 13.2. The van der Waals surface area contributed by atoms with Crippen LogP contribution < -0.4 is 5.32 Å². The summed E-state index contributed by atoms with van der Waals surface area (Å²) in [5, 5.41) is 23.7. The second-order valence-electron chi connectivity index (χ2n) is 8.70. The highest BCUT2D eigenvalue weighted by atomic mass is 19.4. The second kappa shape index (κ2) is 10.2. The van der Waals surface area contributed by atoms with E-state index in [9.17, 15) is 33.0 Å². The number of hydrogen-bond acceptors (Lipinski definition) is 3. The van der Waals surface area contributed by atoms with Crippen molar-refractivity contribution in [1.82, 2.24) is 5.32 Å². The monoisotopic (exact) mass is 505 g/mol. The summed E-state index contributed by atoms with van der Waals surface area (Å²) in [6, 6.07) is 20.6. The first-order valence-electron chi connectivity index (χ1n) is 11.3. The van der Waals surface area contributed by atoms with Crippen LogP contribution in [0, 0.1) is 23.2 Å². The number of hydrogen-bond donors (Lipinski definition) is 3. The summed E-state index contributed by atoms with van der Waals surface area (Å²) in [4.78, 5) is 25.4. The molecule has 0 saturated heterocycles. The number of benzene rings is 3. The second-order valence-corrected chi connectivity index (χ2v) is 8.70. The normalized spacial score (nSPS) is 21.1. The van der Waals surface area contributed by atoms with E-state index in [4.69, 9.17) is 0 Å². The van der Waals surface area contributed by atoms with E-state index in [0.717, 1.165) is 12.1 Å². The lowest BCUT2D eigenvalue weighted by atomic mass is 9.61. The van der Waals surface area contributed by atoms with Gasteiger partial charge in [-0.25, -0.2) is 4.79 Å². The molecular formula is C29H22F3NO4. The summed E-state index contributed by atoms with van der Waals surface area (Å²) in [7, 11) is 0. The number of carbonyl (C=O) groups is 2.